The summed E-state index contributed by atoms with van der Waals surface area (Å²) in [5.74, 6) is 1.85. The molecule has 0 N–H and O–H groups in total. The van der Waals surface area contributed by atoms with Gasteiger partial charge in [0.25, 0.3) is 0 Å². The zero-order valence-corrected chi connectivity index (χ0v) is 16.5. The van der Waals surface area contributed by atoms with Gasteiger partial charge in [-0.25, -0.2) is 4.39 Å². The number of hydrogen-bond acceptors (Lipinski definition) is 3. The van der Waals surface area contributed by atoms with E-state index in [2.05, 4.69) is 31.7 Å². The van der Waals surface area contributed by atoms with E-state index in [1.54, 1.807) is 0 Å². The van der Waals surface area contributed by atoms with Crippen LogP contribution in [0, 0.1) is 28.5 Å². The number of halogens is 1. The molecule has 0 saturated heterocycles. The lowest BCUT2D eigenvalue weighted by Gasteiger charge is -2.31. The van der Waals surface area contributed by atoms with Gasteiger partial charge in [-0.1, -0.05) is 39.2 Å². The van der Waals surface area contributed by atoms with Crippen LogP contribution in [0.25, 0.3) is 0 Å². The van der Waals surface area contributed by atoms with E-state index in [0.717, 1.165) is 30.2 Å². The molecule has 25 heavy (non-hydrogen) atoms. The van der Waals surface area contributed by atoms with E-state index in [0.29, 0.717) is 11.2 Å². The molecule has 0 radical (unpaired) electrons. The predicted molar refractivity (Wildman–Crippen MR) is 107 cm³/mol. The Morgan fingerprint density at radius 2 is 1.92 bits per heavy atom. The molecule has 1 aliphatic rings. The van der Waals surface area contributed by atoms with Crippen molar-refractivity contribution < 1.29 is 4.39 Å². The summed E-state index contributed by atoms with van der Waals surface area (Å²) in [5, 5.41) is 3.31. The Morgan fingerprint density at radius 3 is 2.52 bits per heavy atom. The molecule has 4 heteroatoms. The monoisotopic (exact) mass is 365 g/mol. The molecule has 2 rings (SSSR count). The summed E-state index contributed by atoms with van der Waals surface area (Å²) in [6.07, 6.45) is 10.9. The summed E-state index contributed by atoms with van der Waals surface area (Å²) in [6, 6.07) is 4.77. The van der Waals surface area contributed by atoms with Gasteiger partial charge in [-0.05, 0) is 79.2 Å². The number of hydrogen-bond donors (Lipinski definition) is 1. The van der Waals surface area contributed by atoms with Gasteiger partial charge in [-0.2, -0.15) is 12.6 Å². The number of benzene rings is 1. The maximum absolute atomic E-state index is 13.6. The van der Waals surface area contributed by atoms with Crippen LogP contribution in [-0.2, 0) is 6.42 Å². The molecule has 140 valence electrons. The largest absolute Gasteiger partial charge is 0.204 e. The van der Waals surface area contributed by atoms with Crippen LogP contribution >= 0.6 is 12.6 Å². The molecule has 2 nitrogen and oxygen atoms in total. The second-order valence-electron chi connectivity index (χ2n) is 7.81. The second-order valence-corrected chi connectivity index (χ2v) is 8.54. The molecule has 0 aromatic heterocycles. The van der Waals surface area contributed by atoms with E-state index in [1.807, 2.05) is 6.07 Å². The summed E-state index contributed by atoms with van der Waals surface area (Å²) in [5.41, 5.74) is 0.865. The Hall–Kier alpha value is -0.900. The molecular formula is C21H32FNOS. The molecule has 1 saturated carbocycles. The molecule has 0 heterocycles. The average Bonchev–Trinajstić information content (AvgIpc) is 2.62. The Labute approximate surface area is 157 Å². The quantitative estimate of drug-likeness (QED) is 0.367. The van der Waals surface area contributed by atoms with E-state index >= 15 is 0 Å². The van der Waals surface area contributed by atoms with Crippen molar-refractivity contribution in [1.29, 1.82) is 0 Å². The van der Waals surface area contributed by atoms with Gasteiger partial charge in [0.05, 0.1) is 0 Å². The van der Waals surface area contributed by atoms with Crippen LogP contribution < -0.4 is 0 Å². The Morgan fingerprint density at radius 1 is 1.20 bits per heavy atom. The van der Waals surface area contributed by atoms with Crippen molar-refractivity contribution in [2.45, 2.75) is 76.9 Å². The highest BCUT2D eigenvalue weighted by Gasteiger charge is 2.24. The SMILES string of the molecule is CCC(CCc1ccc(N=O)c(F)c1)CCC(C)C1CCC(S)CC1. The minimum atomic E-state index is -0.506. The Bertz CT molecular complexity index is 543. The molecular weight excluding hydrogens is 333 g/mol. The first-order valence-corrected chi connectivity index (χ1v) is 10.3. The number of aryl methyl sites for hydroxylation is 1. The molecule has 1 aromatic rings. The minimum absolute atomic E-state index is 0.0967. The molecule has 2 atom stereocenters. The molecule has 1 fully saturated rings. The van der Waals surface area contributed by atoms with Crippen molar-refractivity contribution in [2.24, 2.45) is 22.9 Å². The highest BCUT2D eigenvalue weighted by atomic mass is 32.1. The van der Waals surface area contributed by atoms with Gasteiger partial charge in [0.2, 0.25) is 0 Å². The van der Waals surface area contributed by atoms with Crippen molar-refractivity contribution in [1.82, 2.24) is 0 Å². The van der Waals surface area contributed by atoms with Gasteiger partial charge in [-0.3, -0.25) is 0 Å². The van der Waals surface area contributed by atoms with Gasteiger partial charge in [0.1, 0.15) is 5.69 Å². The Kier molecular flexibility index (Phi) is 8.41. The third-order valence-electron chi connectivity index (χ3n) is 6.11. The van der Waals surface area contributed by atoms with Crippen LogP contribution in [0.15, 0.2) is 23.4 Å². The average molecular weight is 366 g/mol. The lowest BCUT2D eigenvalue weighted by Crippen LogP contribution is -2.21. The zero-order valence-electron chi connectivity index (χ0n) is 15.6. The van der Waals surface area contributed by atoms with E-state index in [4.69, 9.17) is 0 Å². The number of nitroso groups, excluding NO2 is 1. The molecule has 0 amide bonds. The lowest BCUT2D eigenvalue weighted by molar-refractivity contribution is 0.239. The highest BCUT2D eigenvalue weighted by Crippen LogP contribution is 2.35. The van der Waals surface area contributed by atoms with E-state index < -0.39 is 5.82 Å². The molecule has 2 unspecified atom stereocenters. The van der Waals surface area contributed by atoms with E-state index in [1.165, 1.54) is 57.1 Å². The van der Waals surface area contributed by atoms with Crippen molar-refractivity contribution in [3.05, 3.63) is 34.5 Å². The molecule has 0 aliphatic heterocycles. The first-order chi connectivity index (χ1) is 12.0. The fourth-order valence-corrected chi connectivity index (χ4v) is 4.41. The van der Waals surface area contributed by atoms with Gasteiger partial charge in [0, 0.05) is 5.25 Å². The summed E-state index contributed by atoms with van der Waals surface area (Å²) < 4.78 is 13.6. The lowest BCUT2D eigenvalue weighted by atomic mass is 9.77. The van der Waals surface area contributed by atoms with Gasteiger partial charge < -0.3 is 0 Å². The maximum Gasteiger partial charge on any atom is 0.152 e. The molecule has 1 aliphatic carbocycles. The van der Waals surface area contributed by atoms with Crippen LogP contribution in [0.4, 0.5) is 10.1 Å². The highest BCUT2D eigenvalue weighted by molar-refractivity contribution is 7.80. The maximum atomic E-state index is 13.6. The third-order valence-corrected chi connectivity index (χ3v) is 6.62. The van der Waals surface area contributed by atoms with E-state index in [-0.39, 0.29) is 5.69 Å². The van der Waals surface area contributed by atoms with Crippen LogP contribution in [0.5, 0.6) is 0 Å². The summed E-state index contributed by atoms with van der Waals surface area (Å²) in [7, 11) is 0. The summed E-state index contributed by atoms with van der Waals surface area (Å²) in [4.78, 5) is 10.5. The summed E-state index contributed by atoms with van der Waals surface area (Å²) >= 11 is 4.60. The number of thiol groups is 1. The first kappa shape index (κ1) is 20.4. The van der Waals surface area contributed by atoms with Gasteiger partial charge >= 0.3 is 0 Å². The molecule has 1 aromatic carbocycles. The van der Waals surface area contributed by atoms with Crippen LogP contribution in [0.1, 0.15) is 70.8 Å². The standard InChI is InChI=1S/C21H32FNOS/c1-3-16(5-4-15(2)18-9-11-19(25)12-10-18)6-7-17-8-13-21(23-24)20(22)14-17/h8,13-16,18-19,25H,3-7,9-12H2,1-2H3. The number of nitrogens with zero attached hydrogens (tertiary/aromatic N) is 1. The van der Waals surface area contributed by atoms with Crippen LogP contribution in [-0.4, -0.2) is 5.25 Å². The van der Waals surface area contributed by atoms with E-state index in [9.17, 15) is 9.30 Å². The second kappa shape index (κ2) is 10.3. The van der Waals surface area contributed by atoms with Crippen molar-refractivity contribution >= 4 is 18.3 Å². The van der Waals surface area contributed by atoms with Crippen molar-refractivity contribution in [2.75, 3.05) is 0 Å². The predicted octanol–water partition coefficient (Wildman–Crippen LogP) is 7.09. The van der Waals surface area contributed by atoms with Crippen molar-refractivity contribution in [3.63, 3.8) is 0 Å². The minimum Gasteiger partial charge on any atom is -0.204 e. The normalized spacial score (nSPS) is 23.2. The fraction of sp³-hybridized carbons (Fsp3) is 0.714. The van der Waals surface area contributed by atoms with Crippen LogP contribution in [0.2, 0.25) is 0 Å². The summed E-state index contributed by atoms with van der Waals surface area (Å²) in [6.45, 7) is 4.66. The number of rotatable bonds is 9. The molecule has 0 bridgehead atoms. The smallest absolute Gasteiger partial charge is 0.152 e. The van der Waals surface area contributed by atoms with Gasteiger partial charge in [-0.15, -0.1) is 4.91 Å². The first-order valence-electron chi connectivity index (χ1n) is 9.83. The molecule has 0 spiro atoms. The van der Waals surface area contributed by atoms with Crippen LogP contribution in [0.3, 0.4) is 0 Å². The third kappa shape index (κ3) is 6.40. The topological polar surface area (TPSA) is 29.4 Å². The zero-order chi connectivity index (χ0) is 18.2. The fourth-order valence-electron chi connectivity index (χ4n) is 4.11. The van der Waals surface area contributed by atoms with Crippen molar-refractivity contribution in [3.8, 4) is 0 Å². The van der Waals surface area contributed by atoms with Gasteiger partial charge in [0.15, 0.2) is 5.82 Å². The Balaban J connectivity index is 1.76.